The van der Waals surface area contributed by atoms with Crippen molar-refractivity contribution in [2.24, 2.45) is 0 Å². The average Bonchev–Trinajstić information content (AvgIpc) is 2.78. The molecule has 0 unspecified atom stereocenters. The lowest BCUT2D eigenvalue weighted by molar-refractivity contribution is -0.140. The first-order valence-corrected chi connectivity index (χ1v) is 6.29. The number of rotatable bonds is 3. The van der Waals surface area contributed by atoms with E-state index in [1.165, 1.54) is 5.38 Å². The first kappa shape index (κ1) is 15.4. The van der Waals surface area contributed by atoms with Crippen molar-refractivity contribution in [3.05, 3.63) is 40.4 Å². The summed E-state index contributed by atoms with van der Waals surface area (Å²) in [5.41, 5.74) is -1.86. The number of benzene rings is 1. The van der Waals surface area contributed by atoms with Gasteiger partial charge in [0.25, 0.3) is 0 Å². The summed E-state index contributed by atoms with van der Waals surface area (Å²) < 4.78 is 64.3. The van der Waals surface area contributed by atoms with Crippen molar-refractivity contribution in [3.8, 4) is 10.6 Å². The molecule has 1 aromatic heterocycles. The predicted molar refractivity (Wildman–Crippen MR) is 63.8 cm³/mol. The fraction of sp³-hybridized carbons (Fsp3) is 0.167. The topological polar surface area (TPSA) is 50.2 Å². The Morgan fingerprint density at radius 3 is 2.52 bits per heavy atom. The zero-order valence-electron chi connectivity index (χ0n) is 10.0. The summed E-state index contributed by atoms with van der Waals surface area (Å²) in [6.45, 7) is 0. The standard InChI is InChI=1S/C12H6F5NO2S/c13-8-2-5(1-7(10(8)14)12(15,16)17)11-18-6(4-21-11)3-9(19)20/h1-2,4H,3H2,(H,19,20). The molecule has 1 heterocycles. The Labute approximate surface area is 118 Å². The van der Waals surface area contributed by atoms with Gasteiger partial charge in [0.15, 0.2) is 11.6 Å². The predicted octanol–water partition coefficient (Wildman–Crippen LogP) is 3.73. The summed E-state index contributed by atoms with van der Waals surface area (Å²) >= 11 is 0.848. The molecule has 0 saturated heterocycles. The molecule has 9 heteroatoms. The maximum absolute atomic E-state index is 13.3. The van der Waals surface area contributed by atoms with Gasteiger partial charge in [-0.15, -0.1) is 11.3 Å². The Morgan fingerprint density at radius 1 is 1.29 bits per heavy atom. The third-order valence-electron chi connectivity index (χ3n) is 2.46. The van der Waals surface area contributed by atoms with Crippen molar-refractivity contribution < 1.29 is 31.9 Å². The molecule has 0 fully saturated rings. The molecule has 0 aliphatic rings. The number of carbonyl (C=O) groups is 1. The van der Waals surface area contributed by atoms with Crippen LogP contribution in [-0.2, 0) is 17.4 Å². The van der Waals surface area contributed by atoms with Gasteiger partial charge < -0.3 is 5.11 Å². The molecule has 21 heavy (non-hydrogen) atoms. The van der Waals surface area contributed by atoms with Gasteiger partial charge in [-0.05, 0) is 12.1 Å². The smallest absolute Gasteiger partial charge is 0.419 e. The number of carboxylic acid groups (broad SMARTS) is 1. The number of aliphatic carboxylic acids is 1. The lowest BCUT2D eigenvalue weighted by Gasteiger charge is -2.09. The van der Waals surface area contributed by atoms with Crippen molar-refractivity contribution in [2.75, 3.05) is 0 Å². The zero-order valence-corrected chi connectivity index (χ0v) is 10.9. The van der Waals surface area contributed by atoms with Crippen LogP contribution in [0, 0.1) is 11.6 Å². The second-order valence-corrected chi connectivity index (χ2v) is 4.89. The maximum atomic E-state index is 13.3. The van der Waals surface area contributed by atoms with Crippen LogP contribution in [0.25, 0.3) is 10.6 Å². The third kappa shape index (κ3) is 3.35. The van der Waals surface area contributed by atoms with E-state index in [-0.39, 0.29) is 16.3 Å². The number of thiazole rings is 1. The van der Waals surface area contributed by atoms with E-state index in [0.717, 1.165) is 11.3 Å². The summed E-state index contributed by atoms with van der Waals surface area (Å²) in [4.78, 5) is 14.3. The van der Waals surface area contributed by atoms with Gasteiger partial charge in [-0.2, -0.15) is 13.2 Å². The van der Waals surface area contributed by atoms with Crippen LogP contribution in [0.5, 0.6) is 0 Å². The maximum Gasteiger partial charge on any atom is 0.419 e. The summed E-state index contributed by atoms with van der Waals surface area (Å²) in [6, 6.07) is 1.04. The molecule has 0 bridgehead atoms. The highest BCUT2D eigenvalue weighted by Gasteiger charge is 2.36. The second-order valence-electron chi connectivity index (χ2n) is 4.03. The normalized spacial score (nSPS) is 11.7. The fourth-order valence-electron chi connectivity index (χ4n) is 1.59. The van der Waals surface area contributed by atoms with E-state index in [4.69, 9.17) is 5.11 Å². The van der Waals surface area contributed by atoms with Gasteiger partial charge in [0.2, 0.25) is 0 Å². The largest absolute Gasteiger partial charge is 0.481 e. The lowest BCUT2D eigenvalue weighted by atomic mass is 10.1. The van der Waals surface area contributed by atoms with E-state index in [9.17, 15) is 26.7 Å². The van der Waals surface area contributed by atoms with Crippen LogP contribution in [0.1, 0.15) is 11.3 Å². The molecular formula is C12H6F5NO2S. The minimum Gasteiger partial charge on any atom is -0.481 e. The molecule has 0 atom stereocenters. The monoisotopic (exact) mass is 323 g/mol. The van der Waals surface area contributed by atoms with Crippen molar-refractivity contribution in [1.29, 1.82) is 0 Å². The van der Waals surface area contributed by atoms with Crippen molar-refractivity contribution in [2.45, 2.75) is 12.6 Å². The number of hydrogen-bond donors (Lipinski definition) is 1. The molecule has 0 aliphatic carbocycles. The Hall–Kier alpha value is -2.03. The van der Waals surface area contributed by atoms with Crippen LogP contribution in [0.4, 0.5) is 22.0 Å². The Kier molecular flexibility index (Phi) is 3.95. The SMILES string of the molecule is O=C(O)Cc1csc(-c2cc(F)c(F)c(C(F)(F)F)c2)n1. The average molecular weight is 323 g/mol. The van der Waals surface area contributed by atoms with Gasteiger partial charge in [-0.3, -0.25) is 4.79 Å². The first-order valence-electron chi connectivity index (χ1n) is 5.41. The summed E-state index contributed by atoms with van der Waals surface area (Å²) in [7, 11) is 0. The molecule has 3 nitrogen and oxygen atoms in total. The molecule has 0 saturated carbocycles. The van der Waals surface area contributed by atoms with E-state index in [1.54, 1.807) is 0 Å². The van der Waals surface area contributed by atoms with Crippen LogP contribution >= 0.6 is 11.3 Å². The number of aromatic nitrogens is 1. The number of halogens is 5. The molecule has 112 valence electrons. The molecule has 2 aromatic rings. The van der Waals surface area contributed by atoms with Crippen molar-refractivity contribution in [3.63, 3.8) is 0 Å². The Balaban J connectivity index is 2.47. The van der Waals surface area contributed by atoms with Crippen LogP contribution in [-0.4, -0.2) is 16.1 Å². The van der Waals surface area contributed by atoms with Crippen LogP contribution in [0.3, 0.4) is 0 Å². The Bertz CT molecular complexity index is 695. The van der Waals surface area contributed by atoms with Gasteiger partial charge in [0, 0.05) is 10.9 Å². The molecule has 2 rings (SSSR count). The number of hydrogen-bond acceptors (Lipinski definition) is 3. The number of carboxylic acids is 1. The minimum atomic E-state index is -5.04. The van der Waals surface area contributed by atoms with E-state index < -0.39 is 35.8 Å². The van der Waals surface area contributed by atoms with Gasteiger partial charge >= 0.3 is 12.1 Å². The van der Waals surface area contributed by atoms with Crippen LogP contribution in [0.15, 0.2) is 17.5 Å². The summed E-state index contributed by atoms with van der Waals surface area (Å²) in [5, 5.41) is 9.90. The highest BCUT2D eigenvalue weighted by molar-refractivity contribution is 7.13. The molecule has 1 N–H and O–H groups in total. The van der Waals surface area contributed by atoms with Gasteiger partial charge in [-0.25, -0.2) is 13.8 Å². The van der Waals surface area contributed by atoms with Gasteiger partial charge in [0.1, 0.15) is 5.01 Å². The molecule has 0 amide bonds. The van der Waals surface area contributed by atoms with Crippen molar-refractivity contribution in [1.82, 2.24) is 4.98 Å². The quantitative estimate of drug-likeness (QED) is 0.876. The molecule has 0 aliphatic heterocycles. The van der Waals surface area contributed by atoms with E-state index in [2.05, 4.69) is 4.98 Å². The van der Waals surface area contributed by atoms with E-state index in [1.807, 2.05) is 0 Å². The highest BCUT2D eigenvalue weighted by Crippen LogP contribution is 2.36. The van der Waals surface area contributed by atoms with E-state index >= 15 is 0 Å². The van der Waals surface area contributed by atoms with Gasteiger partial charge in [0.05, 0.1) is 17.7 Å². The lowest BCUT2D eigenvalue weighted by Crippen LogP contribution is -2.10. The minimum absolute atomic E-state index is 0.0179. The number of alkyl halides is 3. The van der Waals surface area contributed by atoms with Crippen LogP contribution < -0.4 is 0 Å². The first-order chi connectivity index (χ1) is 9.68. The third-order valence-corrected chi connectivity index (χ3v) is 3.40. The Morgan fingerprint density at radius 2 is 1.95 bits per heavy atom. The van der Waals surface area contributed by atoms with E-state index in [0.29, 0.717) is 12.1 Å². The zero-order chi connectivity index (χ0) is 15.8. The molecule has 1 aromatic carbocycles. The van der Waals surface area contributed by atoms with Crippen molar-refractivity contribution >= 4 is 17.3 Å². The summed E-state index contributed by atoms with van der Waals surface area (Å²) in [6.07, 6.45) is -5.45. The molecular weight excluding hydrogens is 317 g/mol. The van der Waals surface area contributed by atoms with Gasteiger partial charge in [-0.1, -0.05) is 0 Å². The number of nitrogens with zero attached hydrogens (tertiary/aromatic N) is 1. The molecule has 0 radical (unpaired) electrons. The highest BCUT2D eigenvalue weighted by atomic mass is 32.1. The molecule has 0 spiro atoms. The van der Waals surface area contributed by atoms with Crippen LogP contribution in [0.2, 0.25) is 0 Å². The summed E-state index contributed by atoms with van der Waals surface area (Å²) in [5.74, 6) is -4.78. The fourth-order valence-corrected chi connectivity index (χ4v) is 2.40. The second kappa shape index (κ2) is 5.40.